The molecule has 1 heterocycles. The molecule has 0 saturated heterocycles. The summed E-state index contributed by atoms with van der Waals surface area (Å²) < 4.78 is 15.2. The number of rotatable bonds is 2. The fraction of sp³-hybridized carbons (Fsp3) is 0.400. The zero-order valence-corrected chi connectivity index (χ0v) is 11.5. The van der Waals surface area contributed by atoms with Crippen molar-refractivity contribution in [3.63, 3.8) is 0 Å². The van der Waals surface area contributed by atoms with Gasteiger partial charge in [-0.3, -0.25) is 4.98 Å². The number of halogens is 2. The van der Waals surface area contributed by atoms with Crippen molar-refractivity contribution < 1.29 is 4.55 Å². The van der Waals surface area contributed by atoms with E-state index >= 15 is 0 Å². The molecule has 0 aromatic carbocycles. The van der Waals surface area contributed by atoms with Gasteiger partial charge in [0, 0.05) is 6.20 Å². The van der Waals surface area contributed by atoms with E-state index in [0.717, 1.165) is 0 Å². The van der Waals surface area contributed by atoms with E-state index in [2.05, 4.69) is 9.38 Å². The Morgan fingerprint density at radius 1 is 1.44 bits per heavy atom. The van der Waals surface area contributed by atoms with E-state index in [0.29, 0.717) is 15.7 Å². The molecule has 0 bridgehead atoms. The van der Waals surface area contributed by atoms with Gasteiger partial charge in [0.15, 0.2) is 0 Å². The Labute approximate surface area is 108 Å². The van der Waals surface area contributed by atoms with Crippen molar-refractivity contribution in [3.8, 4) is 0 Å². The summed E-state index contributed by atoms with van der Waals surface area (Å²) in [5, 5.41) is 0.848. The van der Waals surface area contributed by atoms with Gasteiger partial charge in [0.25, 0.3) is 0 Å². The van der Waals surface area contributed by atoms with E-state index in [1.165, 1.54) is 12.4 Å². The third-order valence-electron chi connectivity index (χ3n) is 1.63. The molecular formula is C10H12Cl2N2OS. The molecule has 16 heavy (non-hydrogen) atoms. The highest BCUT2D eigenvalue weighted by atomic mass is 35.5. The van der Waals surface area contributed by atoms with Crippen LogP contribution in [-0.2, 0) is 11.4 Å². The largest absolute Gasteiger partial charge is 0.591 e. The van der Waals surface area contributed by atoms with Gasteiger partial charge in [-0.25, -0.2) is 0 Å². The van der Waals surface area contributed by atoms with Crippen molar-refractivity contribution in [3.05, 3.63) is 28.0 Å². The predicted octanol–water partition coefficient (Wildman–Crippen LogP) is 3.27. The van der Waals surface area contributed by atoms with E-state index in [-0.39, 0.29) is 0 Å². The van der Waals surface area contributed by atoms with Crippen LogP contribution in [0.15, 0.2) is 16.7 Å². The molecule has 1 aromatic heterocycles. The molecule has 0 N–H and O–H groups in total. The van der Waals surface area contributed by atoms with Gasteiger partial charge in [-0.15, -0.1) is 0 Å². The number of nitrogens with zero attached hydrogens (tertiary/aromatic N) is 2. The van der Waals surface area contributed by atoms with Gasteiger partial charge in [-0.1, -0.05) is 27.6 Å². The number of hydrogen-bond donors (Lipinski definition) is 0. The number of aromatic nitrogens is 1. The molecule has 1 aromatic rings. The second-order valence-corrected chi connectivity index (χ2v) is 6.89. The summed E-state index contributed by atoms with van der Waals surface area (Å²) in [6.45, 7) is 5.53. The maximum atomic E-state index is 11.6. The van der Waals surface area contributed by atoms with Crippen molar-refractivity contribution in [2.75, 3.05) is 0 Å². The first-order chi connectivity index (χ1) is 7.30. The monoisotopic (exact) mass is 278 g/mol. The van der Waals surface area contributed by atoms with E-state index in [1.807, 2.05) is 20.8 Å². The summed E-state index contributed by atoms with van der Waals surface area (Å²) >= 11 is 10.3. The highest BCUT2D eigenvalue weighted by Crippen LogP contribution is 2.19. The third kappa shape index (κ3) is 3.94. The van der Waals surface area contributed by atoms with Crippen LogP contribution in [0.3, 0.4) is 0 Å². The quantitative estimate of drug-likeness (QED) is 0.616. The van der Waals surface area contributed by atoms with Crippen molar-refractivity contribution in [1.29, 1.82) is 0 Å². The van der Waals surface area contributed by atoms with Crippen LogP contribution in [0.5, 0.6) is 0 Å². The first kappa shape index (κ1) is 13.8. The molecule has 0 aliphatic rings. The van der Waals surface area contributed by atoms with Crippen LogP contribution in [0.25, 0.3) is 0 Å². The van der Waals surface area contributed by atoms with Crippen molar-refractivity contribution >= 4 is 40.8 Å². The van der Waals surface area contributed by atoms with Crippen LogP contribution in [0.1, 0.15) is 26.5 Å². The van der Waals surface area contributed by atoms with E-state index in [4.69, 9.17) is 23.2 Å². The van der Waals surface area contributed by atoms with Crippen molar-refractivity contribution in [2.24, 2.45) is 4.40 Å². The Balaban J connectivity index is 2.85. The van der Waals surface area contributed by atoms with Gasteiger partial charge < -0.3 is 4.55 Å². The molecule has 1 rings (SSSR count). The lowest BCUT2D eigenvalue weighted by atomic mass is 10.3. The normalized spacial score (nSPS) is 14.4. The molecule has 0 radical (unpaired) electrons. The van der Waals surface area contributed by atoms with Gasteiger partial charge in [-0.05, 0) is 26.8 Å². The first-order valence-electron chi connectivity index (χ1n) is 4.58. The summed E-state index contributed by atoms with van der Waals surface area (Å²) in [6.07, 6.45) is 2.87. The van der Waals surface area contributed by atoms with E-state index < -0.39 is 16.1 Å². The maximum Gasteiger partial charge on any atom is 0.144 e. The lowest BCUT2D eigenvalue weighted by Crippen LogP contribution is -2.25. The number of pyridine rings is 1. The molecule has 0 aliphatic heterocycles. The predicted molar refractivity (Wildman–Crippen MR) is 69.7 cm³/mol. The lowest BCUT2D eigenvalue weighted by molar-refractivity contribution is 0.562. The Hall–Kier alpha value is -0.290. The Morgan fingerprint density at radius 3 is 2.56 bits per heavy atom. The molecule has 0 spiro atoms. The summed E-state index contributed by atoms with van der Waals surface area (Å²) in [4.78, 5) is 3.98. The highest BCUT2D eigenvalue weighted by molar-refractivity contribution is 7.91. The van der Waals surface area contributed by atoms with Crippen LogP contribution in [-0.4, -0.2) is 20.5 Å². The van der Waals surface area contributed by atoms with Crippen LogP contribution < -0.4 is 0 Å². The molecule has 0 saturated carbocycles. The van der Waals surface area contributed by atoms with Crippen molar-refractivity contribution in [1.82, 2.24) is 4.98 Å². The zero-order valence-electron chi connectivity index (χ0n) is 9.20. The van der Waals surface area contributed by atoms with Crippen LogP contribution >= 0.6 is 23.2 Å². The Kier molecular flexibility index (Phi) is 4.62. The minimum atomic E-state index is -1.31. The summed E-state index contributed by atoms with van der Waals surface area (Å²) in [5.41, 5.74) is 0.462. The summed E-state index contributed by atoms with van der Waals surface area (Å²) in [6, 6.07) is 1.57. The van der Waals surface area contributed by atoms with Gasteiger partial charge in [0.1, 0.15) is 28.0 Å². The Morgan fingerprint density at radius 2 is 2.06 bits per heavy atom. The molecule has 0 amide bonds. The second kappa shape index (κ2) is 5.36. The van der Waals surface area contributed by atoms with Gasteiger partial charge >= 0.3 is 0 Å². The highest BCUT2D eigenvalue weighted by Gasteiger charge is 2.25. The second-order valence-electron chi connectivity index (χ2n) is 4.12. The fourth-order valence-electron chi connectivity index (χ4n) is 0.776. The fourth-order valence-corrected chi connectivity index (χ4v) is 1.72. The number of hydrogen-bond acceptors (Lipinski definition) is 3. The molecule has 3 nitrogen and oxygen atoms in total. The SMILES string of the molecule is CC(C)(C)[S@+]([O-])/N=C/c1ncc(Cl)cc1Cl. The van der Waals surface area contributed by atoms with Crippen LogP contribution in [0.4, 0.5) is 0 Å². The van der Waals surface area contributed by atoms with E-state index in [1.54, 1.807) is 6.07 Å². The molecule has 0 aliphatic carbocycles. The minimum Gasteiger partial charge on any atom is -0.591 e. The third-order valence-corrected chi connectivity index (χ3v) is 3.48. The van der Waals surface area contributed by atoms with E-state index in [9.17, 15) is 4.55 Å². The molecule has 0 fully saturated rings. The average molecular weight is 279 g/mol. The molecule has 0 unspecified atom stereocenters. The molecule has 6 heteroatoms. The standard InChI is InChI=1S/C10H12Cl2N2OS/c1-10(2,3)16(15)14-6-9-8(12)4-7(11)5-13-9/h4-6H,1-3H3/b14-6+/t16-/m0/s1. The van der Waals surface area contributed by atoms with Gasteiger partial charge in [0.2, 0.25) is 0 Å². The maximum absolute atomic E-state index is 11.6. The Bertz CT molecular complexity index is 404. The topological polar surface area (TPSA) is 48.3 Å². The molecular weight excluding hydrogens is 267 g/mol. The van der Waals surface area contributed by atoms with Crippen LogP contribution in [0, 0.1) is 0 Å². The average Bonchev–Trinajstić information content (AvgIpc) is 2.14. The van der Waals surface area contributed by atoms with Crippen LogP contribution in [0.2, 0.25) is 10.0 Å². The summed E-state index contributed by atoms with van der Waals surface area (Å²) in [7, 11) is 0. The zero-order chi connectivity index (χ0) is 12.3. The first-order valence-corrected chi connectivity index (χ1v) is 6.44. The van der Waals surface area contributed by atoms with Gasteiger partial charge in [0.05, 0.1) is 10.0 Å². The van der Waals surface area contributed by atoms with Gasteiger partial charge in [-0.2, -0.15) is 0 Å². The lowest BCUT2D eigenvalue weighted by Gasteiger charge is -2.17. The molecule has 1 atom stereocenters. The minimum absolute atomic E-state index is 0.391. The summed E-state index contributed by atoms with van der Waals surface area (Å²) in [5.74, 6) is 0. The smallest absolute Gasteiger partial charge is 0.144 e. The molecule has 88 valence electrons. The van der Waals surface area contributed by atoms with Crippen molar-refractivity contribution in [2.45, 2.75) is 25.5 Å².